The maximum absolute atomic E-state index is 5.49. The van der Waals surface area contributed by atoms with Crippen LogP contribution in [-0.4, -0.2) is 26.3 Å². The van der Waals surface area contributed by atoms with Crippen molar-refractivity contribution in [1.29, 1.82) is 0 Å². The van der Waals surface area contributed by atoms with Crippen LogP contribution in [0.3, 0.4) is 0 Å². The molecule has 40 heavy (non-hydrogen) atoms. The van der Waals surface area contributed by atoms with E-state index in [0.29, 0.717) is 0 Å². The van der Waals surface area contributed by atoms with Crippen molar-refractivity contribution in [2.75, 3.05) is 21.3 Å². The molecule has 0 aliphatic heterocycles. The normalized spacial score (nSPS) is 16.4. The van der Waals surface area contributed by atoms with Crippen molar-refractivity contribution >= 4 is 23.3 Å². The lowest BCUT2D eigenvalue weighted by molar-refractivity contribution is 0.414. The van der Waals surface area contributed by atoms with Gasteiger partial charge in [0.25, 0.3) is 0 Å². The Morgan fingerprint density at radius 1 is 0.525 bits per heavy atom. The van der Waals surface area contributed by atoms with Gasteiger partial charge < -0.3 is 14.2 Å². The topological polar surface area (TPSA) is 40.6 Å². The van der Waals surface area contributed by atoms with E-state index in [-0.39, 0.29) is 0 Å². The van der Waals surface area contributed by atoms with Crippen LogP contribution in [0.25, 0.3) is 34.4 Å². The number of allylic oxidation sites excluding steroid dienone is 2. The number of fused-ring (bicyclic) bond motifs is 2. The molecule has 0 saturated carbocycles. The lowest BCUT2D eigenvalue weighted by Gasteiger charge is -2.29. The van der Waals surface area contributed by atoms with Crippen LogP contribution >= 0.6 is 0 Å². The molecule has 0 radical (unpaired) electrons. The van der Waals surface area contributed by atoms with E-state index >= 15 is 0 Å². The molecule has 4 heteroatoms. The number of ether oxygens (including phenoxy) is 3. The molecule has 2 aliphatic carbocycles. The van der Waals surface area contributed by atoms with E-state index in [1.54, 1.807) is 21.3 Å². The first kappa shape index (κ1) is 25.9. The van der Waals surface area contributed by atoms with Crippen LogP contribution in [0.4, 0.5) is 0 Å². The summed E-state index contributed by atoms with van der Waals surface area (Å²) in [4.78, 5) is 5.49. The molecule has 0 amide bonds. The number of methoxy groups -OCH3 is 3. The van der Waals surface area contributed by atoms with Gasteiger partial charge in [0.05, 0.1) is 32.7 Å². The van der Waals surface area contributed by atoms with Crippen molar-refractivity contribution in [3.8, 4) is 28.4 Å². The summed E-state index contributed by atoms with van der Waals surface area (Å²) in [7, 11) is 5.13. The predicted molar refractivity (Wildman–Crippen MR) is 164 cm³/mol. The van der Waals surface area contributed by atoms with Gasteiger partial charge >= 0.3 is 0 Å². The molecule has 202 valence electrons. The number of rotatable bonds is 6. The molecule has 0 spiro atoms. The van der Waals surface area contributed by atoms with Crippen molar-refractivity contribution in [3.63, 3.8) is 0 Å². The molecule has 0 saturated heterocycles. The average Bonchev–Trinajstić information content (AvgIpc) is 3.01. The highest BCUT2D eigenvalue weighted by Gasteiger charge is 2.28. The third-order valence-electron chi connectivity index (χ3n) is 8.05. The number of hydrogen-bond donors (Lipinski definition) is 0. The minimum Gasteiger partial charge on any atom is -0.497 e. The molecule has 4 nitrogen and oxygen atoms in total. The zero-order valence-electron chi connectivity index (χ0n) is 23.5. The van der Waals surface area contributed by atoms with Crippen molar-refractivity contribution in [1.82, 2.24) is 4.98 Å². The molecular formula is C36H35NO3. The predicted octanol–water partition coefficient (Wildman–Crippen LogP) is 8.53. The van der Waals surface area contributed by atoms with Gasteiger partial charge in [0, 0.05) is 0 Å². The van der Waals surface area contributed by atoms with Gasteiger partial charge in [0.2, 0.25) is 0 Å². The summed E-state index contributed by atoms with van der Waals surface area (Å²) in [5, 5.41) is 0. The fourth-order valence-electron chi connectivity index (χ4n) is 6.02. The van der Waals surface area contributed by atoms with Crippen molar-refractivity contribution < 1.29 is 14.2 Å². The smallest absolute Gasteiger partial charge is 0.118 e. The van der Waals surface area contributed by atoms with Crippen molar-refractivity contribution in [3.05, 3.63) is 106 Å². The summed E-state index contributed by atoms with van der Waals surface area (Å²) >= 11 is 0. The minimum atomic E-state index is 0.869. The molecule has 3 aromatic carbocycles. The van der Waals surface area contributed by atoms with Gasteiger partial charge in [-0.25, -0.2) is 4.98 Å². The maximum Gasteiger partial charge on any atom is 0.118 e. The van der Waals surface area contributed by atoms with E-state index in [1.807, 2.05) is 24.3 Å². The number of aromatic nitrogens is 1. The molecule has 4 aromatic rings. The van der Waals surface area contributed by atoms with Gasteiger partial charge in [-0.3, -0.25) is 0 Å². The molecular weight excluding hydrogens is 494 g/mol. The number of nitrogens with zero attached hydrogens (tertiary/aromatic N) is 1. The lowest BCUT2D eigenvalue weighted by Crippen LogP contribution is -2.15. The summed E-state index contributed by atoms with van der Waals surface area (Å²) < 4.78 is 16.2. The van der Waals surface area contributed by atoms with Crippen LogP contribution in [0.2, 0.25) is 0 Å². The van der Waals surface area contributed by atoms with Crippen LogP contribution in [0.5, 0.6) is 17.2 Å². The second kappa shape index (κ2) is 11.4. The van der Waals surface area contributed by atoms with Crippen LogP contribution in [0.15, 0.2) is 72.8 Å². The Balaban J connectivity index is 1.54. The van der Waals surface area contributed by atoms with Gasteiger partial charge in [0.1, 0.15) is 17.2 Å². The first-order valence-electron chi connectivity index (χ1n) is 14.1. The number of pyridine rings is 1. The molecule has 0 N–H and O–H groups in total. The van der Waals surface area contributed by atoms with E-state index in [9.17, 15) is 0 Å². The molecule has 6 rings (SSSR count). The zero-order valence-corrected chi connectivity index (χ0v) is 23.5. The first-order valence-corrected chi connectivity index (χ1v) is 14.1. The Hall–Kier alpha value is -4.31. The van der Waals surface area contributed by atoms with E-state index in [4.69, 9.17) is 19.2 Å². The van der Waals surface area contributed by atoms with Gasteiger partial charge in [-0.15, -0.1) is 0 Å². The lowest BCUT2D eigenvalue weighted by atomic mass is 9.78. The fourth-order valence-corrected chi connectivity index (χ4v) is 6.02. The SMILES string of the molecule is COc1ccc(/C=C2\CCCc3c2nc2c(c3-c3ccc(OC)cc3)CCC/C2=C\c2ccc(OC)cc2)cc1. The molecule has 0 unspecified atom stereocenters. The molecule has 0 fully saturated rings. The van der Waals surface area contributed by atoms with E-state index < -0.39 is 0 Å². The Morgan fingerprint density at radius 3 is 1.32 bits per heavy atom. The van der Waals surface area contributed by atoms with Crippen molar-refractivity contribution in [2.45, 2.75) is 38.5 Å². The Labute approximate surface area is 237 Å². The van der Waals surface area contributed by atoms with Gasteiger partial charge in [0.15, 0.2) is 0 Å². The quantitative estimate of drug-likeness (QED) is 0.251. The highest BCUT2D eigenvalue weighted by atomic mass is 16.5. The maximum atomic E-state index is 5.49. The molecule has 0 atom stereocenters. The van der Waals surface area contributed by atoms with Gasteiger partial charge in [-0.2, -0.15) is 0 Å². The van der Waals surface area contributed by atoms with Crippen LogP contribution in [-0.2, 0) is 12.8 Å². The van der Waals surface area contributed by atoms with E-state index in [2.05, 4.69) is 60.7 Å². The van der Waals surface area contributed by atoms with Crippen LogP contribution in [0, 0.1) is 0 Å². The van der Waals surface area contributed by atoms with E-state index in [0.717, 1.165) is 67.2 Å². The third-order valence-corrected chi connectivity index (χ3v) is 8.05. The Bertz CT molecular complexity index is 1470. The highest BCUT2D eigenvalue weighted by molar-refractivity contribution is 5.91. The summed E-state index contributed by atoms with van der Waals surface area (Å²) in [6.45, 7) is 0. The van der Waals surface area contributed by atoms with Crippen LogP contribution < -0.4 is 14.2 Å². The van der Waals surface area contributed by atoms with Crippen molar-refractivity contribution in [2.24, 2.45) is 0 Å². The second-order valence-electron chi connectivity index (χ2n) is 10.5. The first-order chi connectivity index (χ1) is 19.7. The third kappa shape index (κ3) is 5.14. The summed E-state index contributed by atoms with van der Waals surface area (Å²) in [5.74, 6) is 2.61. The molecule has 2 aliphatic rings. The monoisotopic (exact) mass is 529 g/mol. The van der Waals surface area contributed by atoms with E-state index in [1.165, 1.54) is 44.5 Å². The van der Waals surface area contributed by atoms with Gasteiger partial charge in [-0.05, 0) is 132 Å². The minimum absolute atomic E-state index is 0.869. The largest absolute Gasteiger partial charge is 0.497 e. The molecule has 1 heterocycles. The molecule has 0 bridgehead atoms. The zero-order chi connectivity index (χ0) is 27.5. The number of benzene rings is 3. The molecule has 1 aromatic heterocycles. The average molecular weight is 530 g/mol. The van der Waals surface area contributed by atoms with Crippen LogP contribution in [0.1, 0.15) is 59.3 Å². The summed E-state index contributed by atoms with van der Waals surface area (Å²) in [6, 6.07) is 25.1. The second-order valence-corrected chi connectivity index (χ2v) is 10.5. The fraction of sp³-hybridized carbons (Fsp3) is 0.250. The van der Waals surface area contributed by atoms with Gasteiger partial charge in [-0.1, -0.05) is 36.4 Å². The number of hydrogen-bond acceptors (Lipinski definition) is 4. The summed E-state index contributed by atoms with van der Waals surface area (Å²) in [6.07, 6.45) is 11.0. The Kier molecular flexibility index (Phi) is 7.41. The standard InChI is InChI=1S/C36H35NO3/c1-38-29-16-10-24(11-17-29)22-27-6-4-8-32-34(26-14-20-31(40-3)21-15-26)33-9-5-7-28(36(33)37-35(27)32)23-25-12-18-30(39-2)19-13-25/h10-23H,4-9H2,1-3H3/b27-22+,28-23+. The highest BCUT2D eigenvalue weighted by Crippen LogP contribution is 2.44. The Morgan fingerprint density at radius 2 is 0.925 bits per heavy atom. The summed E-state index contributed by atoms with van der Waals surface area (Å²) in [5.41, 5.74) is 12.6.